The van der Waals surface area contributed by atoms with Gasteiger partial charge >= 0.3 is 0 Å². The third-order valence-corrected chi connectivity index (χ3v) is 5.09. The average molecular weight is 407 g/mol. The predicted octanol–water partition coefficient (Wildman–Crippen LogP) is 4.49. The van der Waals surface area contributed by atoms with Gasteiger partial charge in [-0.15, -0.1) is 11.3 Å². The highest BCUT2D eigenvalue weighted by Gasteiger charge is 2.19. The van der Waals surface area contributed by atoms with Crippen molar-refractivity contribution in [1.29, 1.82) is 0 Å². The van der Waals surface area contributed by atoms with Crippen molar-refractivity contribution in [3.8, 4) is 11.5 Å². The van der Waals surface area contributed by atoms with Gasteiger partial charge in [-0.2, -0.15) is 0 Å². The Morgan fingerprint density at radius 1 is 1.33 bits per heavy atom. The molecule has 6 nitrogen and oxygen atoms in total. The minimum atomic E-state index is -0.369. The Morgan fingerprint density at radius 3 is 2.78 bits per heavy atom. The summed E-state index contributed by atoms with van der Waals surface area (Å²) in [4.78, 5) is 17.0. The van der Waals surface area contributed by atoms with Gasteiger partial charge in [0.15, 0.2) is 11.5 Å². The number of nitrogens with zero attached hydrogens (tertiary/aromatic N) is 1. The summed E-state index contributed by atoms with van der Waals surface area (Å²) in [5.41, 5.74) is 1.57. The van der Waals surface area contributed by atoms with E-state index in [-0.39, 0.29) is 29.2 Å². The molecule has 1 heterocycles. The van der Waals surface area contributed by atoms with Crippen LogP contribution in [0.15, 0.2) is 30.3 Å². The van der Waals surface area contributed by atoms with Crippen molar-refractivity contribution in [2.45, 2.75) is 26.6 Å². The monoisotopic (exact) mass is 406 g/mol. The minimum absolute atomic E-state index is 0.0525. The standard InChI is InChI=1S/C19H19ClN2O4S/c1-10(2)26-14-6-5-12(17(20)18(14)25-3)19(24)21-11-4-7-15-13(8-11)22-16(9-23)27-15/h4-8,10,23H,9H2,1-3H3,(H,21,24). The van der Waals surface area contributed by atoms with Gasteiger partial charge in [-0.3, -0.25) is 4.79 Å². The number of nitrogens with one attached hydrogen (secondary N) is 1. The summed E-state index contributed by atoms with van der Waals surface area (Å²) in [7, 11) is 1.48. The maximum absolute atomic E-state index is 12.7. The van der Waals surface area contributed by atoms with Gasteiger partial charge in [-0.1, -0.05) is 11.6 Å². The Kier molecular flexibility index (Phi) is 5.84. The van der Waals surface area contributed by atoms with Crippen LogP contribution in [0, 0.1) is 0 Å². The van der Waals surface area contributed by atoms with Crippen molar-refractivity contribution in [3.63, 3.8) is 0 Å². The second kappa shape index (κ2) is 8.12. The number of ether oxygens (including phenoxy) is 2. The van der Waals surface area contributed by atoms with Crippen molar-refractivity contribution in [3.05, 3.63) is 45.9 Å². The fourth-order valence-electron chi connectivity index (χ4n) is 2.57. The topological polar surface area (TPSA) is 80.7 Å². The van der Waals surface area contributed by atoms with Crippen LogP contribution >= 0.6 is 22.9 Å². The van der Waals surface area contributed by atoms with E-state index in [0.717, 1.165) is 4.70 Å². The quantitative estimate of drug-likeness (QED) is 0.630. The van der Waals surface area contributed by atoms with E-state index >= 15 is 0 Å². The number of methoxy groups -OCH3 is 1. The first kappa shape index (κ1) is 19.4. The fourth-order valence-corrected chi connectivity index (χ4v) is 3.70. The van der Waals surface area contributed by atoms with Crippen LogP contribution in [0.3, 0.4) is 0 Å². The van der Waals surface area contributed by atoms with Crippen LogP contribution in [0.4, 0.5) is 5.69 Å². The van der Waals surface area contributed by atoms with E-state index in [2.05, 4.69) is 10.3 Å². The molecule has 1 amide bonds. The molecular weight excluding hydrogens is 388 g/mol. The largest absolute Gasteiger partial charge is 0.491 e. The molecule has 0 aliphatic heterocycles. The van der Waals surface area contributed by atoms with Crippen LogP contribution in [0.2, 0.25) is 5.02 Å². The molecule has 0 radical (unpaired) electrons. The Morgan fingerprint density at radius 2 is 2.11 bits per heavy atom. The number of thiazole rings is 1. The first-order chi connectivity index (χ1) is 12.9. The SMILES string of the molecule is COc1c(OC(C)C)ccc(C(=O)Nc2ccc3sc(CO)nc3c2)c1Cl. The number of aliphatic hydroxyl groups is 1. The van der Waals surface area contributed by atoms with Gasteiger partial charge in [0, 0.05) is 5.69 Å². The second-order valence-corrected chi connectivity index (χ2v) is 7.52. The average Bonchev–Trinajstić information content (AvgIpc) is 3.04. The van der Waals surface area contributed by atoms with Crippen LogP contribution in [-0.2, 0) is 6.61 Å². The minimum Gasteiger partial charge on any atom is -0.491 e. The van der Waals surface area contributed by atoms with Gasteiger partial charge in [0.25, 0.3) is 5.91 Å². The number of hydrogen-bond donors (Lipinski definition) is 2. The maximum Gasteiger partial charge on any atom is 0.257 e. The normalized spacial score (nSPS) is 11.0. The molecule has 0 aliphatic rings. The number of carbonyl (C=O) groups excluding carboxylic acids is 1. The number of amides is 1. The van der Waals surface area contributed by atoms with Crippen molar-refractivity contribution in [2.24, 2.45) is 0 Å². The molecule has 3 rings (SSSR count). The molecule has 27 heavy (non-hydrogen) atoms. The number of rotatable bonds is 6. The molecule has 0 atom stereocenters. The van der Waals surface area contributed by atoms with E-state index in [1.807, 2.05) is 19.9 Å². The molecule has 1 aromatic heterocycles. The number of halogens is 1. The molecule has 8 heteroatoms. The number of fused-ring (bicyclic) bond motifs is 1. The van der Waals surface area contributed by atoms with Crippen LogP contribution < -0.4 is 14.8 Å². The summed E-state index contributed by atoms with van der Waals surface area (Å²) < 4.78 is 11.9. The zero-order chi connectivity index (χ0) is 19.6. The lowest BCUT2D eigenvalue weighted by atomic mass is 10.1. The lowest BCUT2D eigenvalue weighted by Gasteiger charge is -2.16. The van der Waals surface area contributed by atoms with Crippen LogP contribution in [0.1, 0.15) is 29.2 Å². The van der Waals surface area contributed by atoms with Gasteiger partial charge in [-0.05, 0) is 44.2 Å². The Labute approximate surface area is 165 Å². The molecular formula is C19H19ClN2O4S. The summed E-state index contributed by atoms with van der Waals surface area (Å²) in [6.07, 6.45) is -0.0525. The number of aliphatic hydroxyl groups excluding tert-OH is 1. The van der Waals surface area contributed by atoms with E-state index in [0.29, 0.717) is 27.7 Å². The molecule has 142 valence electrons. The number of anilines is 1. The molecule has 0 bridgehead atoms. The molecule has 2 aromatic carbocycles. The first-order valence-electron chi connectivity index (χ1n) is 8.27. The number of aromatic nitrogens is 1. The van der Waals surface area contributed by atoms with E-state index < -0.39 is 0 Å². The highest BCUT2D eigenvalue weighted by Crippen LogP contribution is 2.38. The third kappa shape index (κ3) is 4.16. The third-order valence-electron chi connectivity index (χ3n) is 3.70. The molecule has 3 aromatic rings. The number of benzene rings is 2. The molecule has 2 N–H and O–H groups in total. The summed E-state index contributed by atoms with van der Waals surface area (Å²) in [5.74, 6) is 0.432. The Balaban J connectivity index is 1.87. The zero-order valence-electron chi connectivity index (χ0n) is 15.1. The van der Waals surface area contributed by atoms with Gasteiger partial charge in [0.1, 0.15) is 5.01 Å². The lowest BCUT2D eigenvalue weighted by Crippen LogP contribution is -2.14. The molecule has 0 fully saturated rings. The molecule has 0 aliphatic carbocycles. The summed E-state index contributed by atoms with van der Waals surface area (Å²) in [6.45, 7) is 3.68. The van der Waals surface area contributed by atoms with Gasteiger partial charge in [0.05, 0.1) is 40.6 Å². The number of carbonyl (C=O) groups is 1. The van der Waals surface area contributed by atoms with Gasteiger partial charge in [-0.25, -0.2) is 4.98 Å². The van der Waals surface area contributed by atoms with E-state index in [1.54, 1.807) is 24.3 Å². The van der Waals surface area contributed by atoms with E-state index in [1.165, 1.54) is 18.4 Å². The van der Waals surface area contributed by atoms with Crippen molar-refractivity contribution >= 4 is 44.7 Å². The van der Waals surface area contributed by atoms with Crippen LogP contribution in [0.25, 0.3) is 10.2 Å². The van der Waals surface area contributed by atoms with E-state index in [9.17, 15) is 9.90 Å². The first-order valence-corrected chi connectivity index (χ1v) is 9.47. The Bertz CT molecular complexity index is 987. The maximum atomic E-state index is 12.7. The van der Waals surface area contributed by atoms with E-state index in [4.69, 9.17) is 21.1 Å². The van der Waals surface area contributed by atoms with Gasteiger partial charge in [0.2, 0.25) is 0 Å². The summed E-state index contributed by atoms with van der Waals surface area (Å²) in [5, 5.41) is 12.8. The molecule has 0 unspecified atom stereocenters. The fraction of sp³-hybridized carbons (Fsp3) is 0.263. The smallest absolute Gasteiger partial charge is 0.257 e. The summed E-state index contributed by atoms with van der Waals surface area (Å²) >= 11 is 7.78. The Hall–Kier alpha value is -2.35. The highest BCUT2D eigenvalue weighted by molar-refractivity contribution is 7.18. The number of hydrogen-bond acceptors (Lipinski definition) is 6. The molecule has 0 spiro atoms. The lowest BCUT2D eigenvalue weighted by molar-refractivity contribution is 0.102. The van der Waals surface area contributed by atoms with Crippen molar-refractivity contribution in [1.82, 2.24) is 4.98 Å². The van der Waals surface area contributed by atoms with Crippen molar-refractivity contribution < 1.29 is 19.4 Å². The zero-order valence-corrected chi connectivity index (χ0v) is 16.6. The van der Waals surface area contributed by atoms with Crippen LogP contribution in [-0.4, -0.2) is 29.2 Å². The highest BCUT2D eigenvalue weighted by atomic mass is 35.5. The van der Waals surface area contributed by atoms with Crippen LogP contribution in [0.5, 0.6) is 11.5 Å². The second-order valence-electron chi connectivity index (χ2n) is 6.03. The van der Waals surface area contributed by atoms with Crippen molar-refractivity contribution in [2.75, 3.05) is 12.4 Å². The molecule has 0 saturated carbocycles. The van der Waals surface area contributed by atoms with Gasteiger partial charge < -0.3 is 19.9 Å². The molecule has 0 saturated heterocycles. The predicted molar refractivity (Wildman–Crippen MR) is 107 cm³/mol. The summed E-state index contributed by atoms with van der Waals surface area (Å²) in [6, 6.07) is 8.65.